The molecule has 1 aliphatic rings. The van der Waals surface area contributed by atoms with Crippen molar-refractivity contribution < 1.29 is 9.63 Å². The zero-order valence-electron chi connectivity index (χ0n) is 8.69. The zero-order valence-corrected chi connectivity index (χ0v) is 9.51. The number of hydrogen-bond acceptors (Lipinski definition) is 6. The third-order valence-corrected chi connectivity index (χ3v) is 3.12. The molecule has 0 unspecified atom stereocenters. The number of piperidine rings is 1. The molecular formula is C9H15N3O2S. The highest BCUT2D eigenvalue weighted by Crippen LogP contribution is 2.29. The molecule has 84 valence electrons. The van der Waals surface area contributed by atoms with Gasteiger partial charge in [0.05, 0.1) is 5.75 Å². The molecule has 0 radical (unpaired) electrons. The fraction of sp³-hybridized carbons (Fsp3) is 0.778. The summed E-state index contributed by atoms with van der Waals surface area (Å²) in [4.78, 5) is 4.22. The molecule has 1 aliphatic heterocycles. The van der Waals surface area contributed by atoms with Gasteiger partial charge >= 0.3 is 0 Å². The van der Waals surface area contributed by atoms with Crippen molar-refractivity contribution in [3.8, 4) is 0 Å². The summed E-state index contributed by atoms with van der Waals surface area (Å²) >= 11 is 1.63. The Labute approximate surface area is 92.6 Å². The van der Waals surface area contributed by atoms with Crippen molar-refractivity contribution in [1.29, 1.82) is 0 Å². The van der Waals surface area contributed by atoms with Gasteiger partial charge in [0.1, 0.15) is 5.60 Å². The van der Waals surface area contributed by atoms with Crippen LogP contribution in [-0.2, 0) is 11.4 Å². The molecular weight excluding hydrogens is 214 g/mol. The summed E-state index contributed by atoms with van der Waals surface area (Å²) < 4.78 is 5.11. The number of nitrogens with one attached hydrogen (secondary N) is 1. The standard InChI is InChI=1S/C9H15N3O2S/c1-15-6-7-11-8(14-12-7)9(13)2-4-10-5-3-9/h10,13H,2-6H2,1H3. The van der Waals surface area contributed by atoms with Crippen molar-refractivity contribution in [1.82, 2.24) is 15.5 Å². The van der Waals surface area contributed by atoms with Crippen molar-refractivity contribution in [3.05, 3.63) is 11.7 Å². The first-order chi connectivity index (χ1) is 7.24. The van der Waals surface area contributed by atoms with Crippen molar-refractivity contribution in [2.75, 3.05) is 19.3 Å². The average Bonchev–Trinajstić information content (AvgIpc) is 2.69. The van der Waals surface area contributed by atoms with E-state index in [4.69, 9.17) is 4.52 Å². The van der Waals surface area contributed by atoms with Crippen LogP contribution in [0.4, 0.5) is 0 Å². The van der Waals surface area contributed by atoms with Crippen molar-refractivity contribution in [2.45, 2.75) is 24.2 Å². The van der Waals surface area contributed by atoms with Gasteiger partial charge in [-0.3, -0.25) is 0 Å². The molecule has 2 heterocycles. The summed E-state index contributed by atoms with van der Waals surface area (Å²) in [5.74, 6) is 1.75. The Morgan fingerprint density at radius 2 is 2.27 bits per heavy atom. The Bertz CT molecular complexity index is 323. The molecule has 1 fully saturated rings. The second-order valence-electron chi connectivity index (χ2n) is 3.73. The molecule has 1 aromatic heterocycles. The third kappa shape index (κ3) is 2.32. The summed E-state index contributed by atoms with van der Waals surface area (Å²) in [6.07, 6.45) is 3.25. The van der Waals surface area contributed by atoms with Gasteiger partial charge in [-0.2, -0.15) is 16.7 Å². The Kier molecular flexibility index (Phi) is 3.28. The van der Waals surface area contributed by atoms with Crippen LogP contribution < -0.4 is 5.32 Å². The molecule has 6 heteroatoms. The van der Waals surface area contributed by atoms with E-state index in [2.05, 4.69) is 15.5 Å². The summed E-state index contributed by atoms with van der Waals surface area (Å²) in [6, 6.07) is 0. The lowest BCUT2D eigenvalue weighted by molar-refractivity contribution is -0.0228. The number of nitrogens with zero attached hydrogens (tertiary/aromatic N) is 2. The molecule has 15 heavy (non-hydrogen) atoms. The van der Waals surface area contributed by atoms with E-state index in [0.29, 0.717) is 24.6 Å². The summed E-state index contributed by atoms with van der Waals surface area (Å²) in [7, 11) is 0. The predicted octanol–water partition coefficient (Wildman–Crippen LogP) is 0.504. The molecule has 0 amide bonds. The molecule has 0 aliphatic carbocycles. The lowest BCUT2D eigenvalue weighted by Gasteiger charge is -2.28. The van der Waals surface area contributed by atoms with Crippen LogP contribution in [0.15, 0.2) is 4.52 Å². The minimum atomic E-state index is -0.922. The molecule has 2 rings (SSSR count). The van der Waals surface area contributed by atoms with Crippen LogP contribution in [0.3, 0.4) is 0 Å². The molecule has 0 atom stereocenters. The molecule has 2 N–H and O–H groups in total. The molecule has 0 saturated carbocycles. The fourth-order valence-corrected chi connectivity index (χ4v) is 2.06. The average molecular weight is 229 g/mol. The van der Waals surface area contributed by atoms with Crippen LogP contribution in [0.1, 0.15) is 24.6 Å². The minimum Gasteiger partial charge on any atom is -0.380 e. The number of thioether (sulfide) groups is 1. The highest BCUT2D eigenvalue weighted by molar-refractivity contribution is 7.97. The van der Waals surface area contributed by atoms with Crippen LogP contribution in [0.2, 0.25) is 0 Å². The van der Waals surface area contributed by atoms with Gasteiger partial charge in [-0.15, -0.1) is 0 Å². The van der Waals surface area contributed by atoms with Crippen LogP contribution in [0.5, 0.6) is 0 Å². The Morgan fingerprint density at radius 1 is 1.53 bits per heavy atom. The molecule has 1 saturated heterocycles. The zero-order chi connectivity index (χ0) is 10.7. The van der Waals surface area contributed by atoms with E-state index in [9.17, 15) is 5.11 Å². The Hall–Kier alpha value is -0.590. The number of rotatable bonds is 3. The van der Waals surface area contributed by atoms with Crippen LogP contribution in [-0.4, -0.2) is 34.6 Å². The highest BCUT2D eigenvalue weighted by atomic mass is 32.2. The monoisotopic (exact) mass is 229 g/mol. The number of hydrogen-bond donors (Lipinski definition) is 2. The highest BCUT2D eigenvalue weighted by Gasteiger charge is 2.36. The predicted molar refractivity (Wildman–Crippen MR) is 57.5 cm³/mol. The van der Waals surface area contributed by atoms with Gasteiger partial charge in [0.15, 0.2) is 5.82 Å². The van der Waals surface area contributed by atoms with E-state index in [-0.39, 0.29) is 0 Å². The van der Waals surface area contributed by atoms with Gasteiger partial charge in [-0.05, 0) is 32.2 Å². The van der Waals surface area contributed by atoms with E-state index in [0.717, 1.165) is 18.8 Å². The maximum Gasteiger partial charge on any atom is 0.258 e. The van der Waals surface area contributed by atoms with Crippen LogP contribution in [0.25, 0.3) is 0 Å². The lowest BCUT2D eigenvalue weighted by atomic mass is 9.92. The molecule has 0 aromatic carbocycles. The SMILES string of the molecule is CSCc1noc(C2(O)CCNCC2)n1. The Balaban J connectivity index is 2.12. The normalized spacial score (nSPS) is 20.4. The minimum absolute atomic E-state index is 0.369. The van der Waals surface area contributed by atoms with Gasteiger partial charge in [0.25, 0.3) is 5.89 Å². The molecule has 0 spiro atoms. The first-order valence-electron chi connectivity index (χ1n) is 5.00. The number of aromatic nitrogens is 2. The maximum atomic E-state index is 10.3. The maximum absolute atomic E-state index is 10.3. The third-order valence-electron chi connectivity index (χ3n) is 2.57. The first-order valence-corrected chi connectivity index (χ1v) is 6.39. The van der Waals surface area contributed by atoms with E-state index < -0.39 is 5.60 Å². The van der Waals surface area contributed by atoms with Gasteiger partial charge in [-0.25, -0.2) is 0 Å². The van der Waals surface area contributed by atoms with Gasteiger partial charge in [0.2, 0.25) is 0 Å². The van der Waals surface area contributed by atoms with Gasteiger partial charge in [0, 0.05) is 0 Å². The van der Waals surface area contributed by atoms with Crippen LogP contribution in [0, 0.1) is 0 Å². The van der Waals surface area contributed by atoms with Crippen molar-refractivity contribution in [3.63, 3.8) is 0 Å². The second-order valence-corrected chi connectivity index (χ2v) is 4.60. The van der Waals surface area contributed by atoms with Gasteiger partial charge < -0.3 is 14.9 Å². The number of aliphatic hydroxyl groups is 1. The van der Waals surface area contributed by atoms with Crippen molar-refractivity contribution in [2.24, 2.45) is 0 Å². The Morgan fingerprint density at radius 3 is 2.93 bits per heavy atom. The first kappa shape index (κ1) is 10.9. The fourth-order valence-electron chi connectivity index (χ4n) is 1.68. The largest absolute Gasteiger partial charge is 0.380 e. The van der Waals surface area contributed by atoms with E-state index in [1.165, 1.54) is 0 Å². The summed E-state index contributed by atoms with van der Waals surface area (Å²) in [5, 5.41) is 17.3. The van der Waals surface area contributed by atoms with E-state index in [1.807, 2.05) is 6.26 Å². The van der Waals surface area contributed by atoms with Gasteiger partial charge in [-0.1, -0.05) is 5.16 Å². The summed E-state index contributed by atoms with van der Waals surface area (Å²) in [5.41, 5.74) is -0.922. The molecule has 1 aromatic rings. The van der Waals surface area contributed by atoms with E-state index in [1.54, 1.807) is 11.8 Å². The smallest absolute Gasteiger partial charge is 0.258 e. The quantitative estimate of drug-likeness (QED) is 0.786. The van der Waals surface area contributed by atoms with Crippen LogP contribution >= 0.6 is 11.8 Å². The lowest BCUT2D eigenvalue weighted by Crippen LogP contribution is -2.39. The summed E-state index contributed by atoms with van der Waals surface area (Å²) in [6.45, 7) is 1.58. The topological polar surface area (TPSA) is 71.2 Å². The second kappa shape index (κ2) is 4.51. The van der Waals surface area contributed by atoms with Crippen molar-refractivity contribution >= 4 is 11.8 Å². The van der Waals surface area contributed by atoms with E-state index >= 15 is 0 Å². The molecule has 0 bridgehead atoms. The molecule has 5 nitrogen and oxygen atoms in total.